The van der Waals surface area contributed by atoms with Crippen LogP contribution in [0.15, 0.2) is 54.6 Å². The number of anilines is 1. The smallest absolute Gasteiger partial charge is 0.408 e. The summed E-state index contributed by atoms with van der Waals surface area (Å²) < 4.78 is 5.37. The van der Waals surface area contributed by atoms with Crippen LogP contribution >= 0.6 is 0 Å². The number of hydrogen-bond acceptors (Lipinski definition) is 6. The first-order valence-electron chi connectivity index (χ1n) is 14.2. The number of benzene rings is 2. The van der Waals surface area contributed by atoms with Crippen LogP contribution in [-0.4, -0.2) is 70.7 Å². The highest BCUT2D eigenvalue weighted by Gasteiger charge is 2.58. The Bertz CT molecular complexity index is 1410. The van der Waals surface area contributed by atoms with Crippen LogP contribution in [0.5, 0.6) is 0 Å². The van der Waals surface area contributed by atoms with Gasteiger partial charge in [0.1, 0.15) is 24.7 Å². The third kappa shape index (κ3) is 5.31. The van der Waals surface area contributed by atoms with Gasteiger partial charge in [0.05, 0.1) is 5.41 Å². The summed E-state index contributed by atoms with van der Waals surface area (Å²) in [5.41, 5.74) is 6.14. The molecule has 2 fully saturated rings. The fourth-order valence-corrected chi connectivity index (χ4v) is 6.30. The second-order valence-electron chi connectivity index (χ2n) is 12.4. The monoisotopic (exact) mass is 575 g/mol. The molecule has 0 aliphatic carbocycles. The lowest BCUT2D eigenvalue weighted by atomic mass is 9.79. The van der Waals surface area contributed by atoms with E-state index in [0.29, 0.717) is 25.1 Å². The molecule has 2 aromatic carbocycles. The number of fused-ring (bicyclic) bond motifs is 2. The first-order valence-corrected chi connectivity index (χ1v) is 14.2. The topological polar surface area (TPSA) is 151 Å². The zero-order valence-electron chi connectivity index (χ0n) is 24.1. The number of likely N-dealkylation sites (tertiary alicyclic amines) is 2. The minimum Gasteiger partial charge on any atom is -0.445 e. The van der Waals surface area contributed by atoms with Crippen LogP contribution in [-0.2, 0) is 35.9 Å². The number of primary amides is 1. The summed E-state index contributed by atoms with van der Waals surface area (Å²) in [6.45, 7) is 5.81. The van der Waals surface area contributed by atoms with E-state index in [-0.39, 0.29) is 25.5 Å². The second-order valence-corrected chi connectivity index (χ2v) is 12.4. The lowest BCUT2D eigenvalue weighted by molar-refractivity contribution is -0.148. The number of para-hydroxylation sites is 1. The van der Waals surface area contributed by atoms with Gasteiger partial charge in [0, 0.05) is 18.8 Å². The Hall–Kier alpha value is -4.41. The van der Waals surface area contributed by atoms with E-state index in [1.54, 1.807) is 12.1 Å². The number of carbonyl (C=O) groups is 5. The van der Waals surface area contributed by atoms with Gasteiger partial charge < -0.3 is 30.9 Å². The minimum absolute atomic E-state index is 0.0203. The molecular formula is C31H37N5O6. The van der Waals surface area contributed by atoms with Crippen molar-refractivity contribution in [3.8, 4) is 0 Å². The molecule has 222 valence electrons. The maximum Gasteiger partial charge on any atom is 0.408 e. The molecular weight excluding hydrogens is 538 g/mol. The second kappa shape index (κ2) is 11.1. The average Bonchev–Trinajstić information content (AvgIpc) is 3.67. The van der Waals surface area contributed by atoms with E-state index < -0.39 is 52.8 Å². The molecule has 4 atom stereocenters. The van der Waals surface area contributed by atoms with Crippen molar-refractivity contribution in [3.63, 3.8) is 0 Å². The zero-order chi connectivity index (χ0) is 30.2. The van der Waals surface area contributed by atoms with Gasteiger partial charge in [0.15, 0.2) is 0 Å². The summed E-state index contributed by atoms with van der Waals surface area (Å²) in [6, 6.07) is 13.6. The summed E-state index contributed by atoms with van der Waals surface area (Å²) in [7, 11) is 0. The van der Waals surface area contributed by atoms with Gasteiger partial charge in [-0.25, -0.2) is 4.79 Å². The van der Waals surface area contributed by atoms with Crippen molar-refractivity contribution in [2.24, 2.45) is 11.1 Å². The number of nitrogens with zero attached hydrogens (tertiary/aromatic N) is 2. The number of carbonyl (C=O) groups excluding carboxylic acids is 5. The molecule has 4 N–H and O–H groups in total. The van der Waals surface area contributed by atoms with Crippen LogP contribution < -0.4 is 16.4 Å². The molecule has 0 saturated carbocycles. The van der Waals surface area contributed by atoms with E-state index in [1.807, 2.05) is 63.2 Å². The third-order valence-corrected chi connectivity index (χ3v) is 8.50. The van der Waals surface area contributed by atoms with E-state index in [4.69, 9.17) is 10.5 Å². The van der Waals surface area contributed by atoms with Gasteiger partial charge in [-0.05, 0) is 41.9 Å². The molecule has 1 spiro atoms. The van der Waals surface area contributed by atoms with Crippen LogP contribution in [0.4, 0.5) is 10.5 Å². The minimum atomic E-state index is -1.10. The van der Waals surface area contributed by atoms with Crippen LogP contribution in [0, 0.1) is 5.41 Å². The van der Waals surface area contributed by atoms with Gasteiger partial charge in [0.25, 0.3) is 0 Å². The molecule has 3 aliphatic rings. The normalized spacial score (nSPS) is 23.8. The number of hydrogen-bond donors (Lipinski definition) is 3. The zero-order valence-corrected chi connectivity index (χ0v) is 24.1. The number of amides is 5. The van der Waals surface area contributed by atoms with Gasteiger partial charge >= 0.3 is 6.09 Å². The lowest BCUT2D eigenvalue weighted by Crippen LogP contribution is -2.59. The predicted molar refractivity (Wildman–Crippen MR) is 154 cm³/mol. The van der Waals surface area contributed by atoms with Crippen molar-refractivity contribution in [3.05, 3.63) is 65.7 Å². The molecule has 0 bridgehead atoms. The molecule has 11 heteroatoms. The lowest BCUT2D eigenvalue weighted by Gasteiger charge is -2.36. The van der Waals surface area contributed by atoms with E-state index in [9.17, 15) is 24.0 Å². The number of alkyl carbamates (subject to hydrolysis) is 1. The van der Waals surface area contributed by atoms with Crippen molar-refractivity contribution in [2.45, 2.75) is 70.2 Å². The van der Waals surface area contributed by atoms with E-state index in [2.05, 4.69) is 10.6 Å². The van der Waals surface area contributed by atoms with E-state index in [1.165, 1.54) is 9.80 Å². The predicted octanol–water partition coefficient (Wildman–Crippen LogP) is 2.29. The summed E-state index contributed by atoms with van der Waals surface area (Å²) in [6.07, 6.45) is 0.283. The Balaban J connectivity index is 1.34. The highest BCUT2D eigenvalue weighted by atomic mass is 16.5. The number of nitrogens with two attached hydrogens (primary N) is 1. The summed E-state index contributed by atoms with van der Waals surface area (Å²) in [4.78, 5) is 69.4. The van der Waals surface area contributed by atoms with Crippen LogP contribution in [0.2, 0.25) is 0 Å². The molecule has 11 nitrogen and oxygen atoms in total. The number of nitrogens with one attached hydrogen (secondary N) is 2. The fourth-order valence-electron chi connectivity index (χ4n) is 6.30. The standard InChI is InChI=1S/C31H37N5O6/c1-30(2,3)24(34-29(41)42-17-19-10-5-4-6-11-19)27(39)35-15-9-14-22(35)26(38)36-18-31(16-23(36)25(32)37)20-12-7-8-13-21(20)33-28(31)40/h4-8,10-13,22-24H,9,14-18H2,1-3H3,(H2,32,37)(H,33,40)(H,34,41)/t22-,23-,24+,31-/m0/s1. The summed E-state index contributed by atoms with van der Waals surface area (Å²) in [5.74, 6) is -1.83. The Morgan fingerprint density at radius 1 is 1.05 bits per heavy atom. The van der Waals surface area contributed by atoms with Crippen molar-refractivity contribution < 1.29 is 28.7 Å². The molecule has 5 amide bonds. The molecule has 0 aromatic heterocycles. The van der Waals surface area contributed by atoms with Crippen LogP contribution in [0.3, 0.4) is 0 Å². The first kappa shape index (κ1) is 29.1. The first-order chi connectivity index (χ1) is 19.9. The van der Waals surface area contributed by atoms with E-state index in [0.717, 1.165) is 11.1 Å². The SMILES string of the molecule is CC(C)(C)[C@H](NC(=O)OCc1ccccc1)C(=O)N1CCC[C@H]1C(=O)N1C[C@]2(C[C@H]1C(N)=O)C(=O)Nc1ccccc12. The maximum atomic E-state index is 14.1. The third-order valence-electron chi connectivity index (χ3n) is 8.50. The highest BCUT2D eigenvalue weighted by molar-refractivity contribution is 6.08. The van der Waals surface area contributed by atoms with Crippen molar-refractivity contribution in [1.82, 2.24) is 15.1 Å². The summed E-state index contributed by atoms with van der Waals surface area (Å²) >= 11 is 0. The molecule has 0 radical (unpaired) electrons. The van der Waals surface area contributed by atoms with Gasteiger partial charge in [-0.15, -0.1) is 0 Å². The largest absolute Gasteiger partial charge is 0.445 e. The van der Waals surface area contributed by atoms with Crippen molar-refractivity contribution in [2.75, 3.05) is 18.4 Å². The van der Waals surface area contributed by atoms with Crippen LogP contribution in [0.25, 0.3) is 0 Å². The molecule has 3 aliphatic heterocycles. The molecule has 5 rings (SSSR count). The molecule has 2 saturated heterocycles. The Morgan fingerprint density at radius 2 is 1.74 bits per heavy atom. The van der Waals surface area contributed by atoms with Gasteiger partial charge in [-0.1, -0.05) is 69.3 Å². The fraction of sp³-hybridized carbons (Fsp3) is 0.452. The van der Waals surface area contributed by atoms with E-state index >= 15 is 0 Å². The quantitative estimate of drug-likeness (QED) is 0.481. The average molecular weight is 576 g/mol. The molecule has 2 aromatic rings. The molecule has 3 heterocycles. The summed E-state index contributed by atoms with van der Waals surface area (Å²) in [5, 5.41) is 5.58. The van der Waals surface area contributed by atoms with Gasteiger partial charge in [-0.2, -0.15) is 0 Å². The Morgan fingerprint density at radius 3 is 2.43 bits per heavy atom. The maximum absolute atomic E-state index is 14.1. The Kier molecular flexibility index (Phi) is 7.70. The van der Waals surface area contributed by atoms with Crippen molar-refractivity contribution in [1.29, 1.82) is 0 Å². The molecule has 42 heavy (non-hydrogen) atoms. The number of ether oxygens (including phenoxy) is 1. The van der Waals surface area contributed by atoms with Gasteiger partial charge in [-0.3, -0.25) is 19.2 Å². The molecule has 0 unspecified atom stereocenters. The Labute approximate surface area is 244 Å². The van der Waals surface area contributed by atoms with Crippen molar-refractivity contribution >= 4 is 35.4 Å². The highest BCUT2D eigenvalue weighted by Crippen LogP contribution is 2.46. The number of rotatable bonds is 6. The van der Waals surface area contributed by atoms with Gasteiger partial charge in [0.2, 0.25) is 23.6 Å². The van der Waals surface area contributed by atoms with Crippen LogP contribution in [0.1, 0.15) is 51.2 Å².